The molecule has 0 aliphatic heterocycles. The van der Waals surface area contributed by atoms with Crippen LogP contribution < -0.4 is 5.73 Å². The van der Waals surface area contributed by atoms with Crippen LogP contribution >= 0.6 is 0 Å². The molecule has 1 aromatic carbocycles. The van der Waals surface area contributed by atoms with Gasteiger partial charge in [0, 0.05) is 19.6 Å². The Balaban J connectivity index is 2.21. The lowest BCUT2D eigenvalue weighted by Crippen LogP contribution is -2.36. The van der Waals surface area contributed by atoms with Crippen molar-refractivity contribution in [2.75, 3.05) is 20.2 Å². The zero-order valence-electron chi connectivity index (χ0n) is 12.7. The van der Waals surface area contributed by atoms with E-state index in [2.05, 4.69) is 13.8 Å². The van der Waals surface area contributed by atoms with Gasteiger partial charge in [0.05, 0.1) is 6.61 Å². The molecule has 0 spiro atoms. The predicted molar refractivity (Wildman–Crippen MR) is 81.2 cm³/mol. The quantitative estimate of drug-likeness (QED) is 0.791. The van der Waals surface area contributed by atoms with Crippen LogP contribution in [0.5, 0.6) is 0 Å². The number of rotatable bonds is 8. The monoisotopic (exact) mass is 278 g/mol. The van der Waals surface area contributed by atoms with E-state index in [-0.39, 0.29) is 18.6 Å². The van der Waals surface area contributed by atoms with Gasteiger partial charge in [-0.3, -0.25) is 4.79 Å². The molecule has 1 atom stereocenters. The third-order valence-electron chi connectivity index (χ3n) is 3.42. The smallest absolute Gasteiger partial charge is 0.248 e. The molecule has 0 bridgehead atoms. The Kier molecular flexibility index (Phi) is 7.26. The Labute approximate surface area is 121 Å². The lowest BCUT2D eigenvalue weighted by Gasteiger charge is -2.21. The number of carbonyl (C=O) groups excluding carboxylic acids is 1. The molecule has 0 heterocycles. The zero-order chi connectivity index (χ0) is 15.0. The number of benzene rings is 1. The van der Waals surface area contributed by atoms with Crippen LogP contribution in [-0.2, 0) is 16.1 Å². The van der Waals surface area contributed by atoms with E-state index >= 15 is 0 Å². The first-order valence-corrected chi connectivity index (χ1v) is 7.12. The van der Waals surface area contributed by atoms with E-state index < -0.39 is 0 Å². The highest BCUT2D eigenvalue weighted by atomic mass is 16.5. The third kappa shape index (κ3) is 6.17. The summed E-state index contributed by atoms with van der Waals surface area (Å²) in [5.74, 6) is 0.435. The number of nitrogens with zero attached hydrogens (tertiary/aromatic N) is 1. The topological polar surface area (TPSA) is 55.6 Å². The SMILES string of the molecule is CC(C)C(N)CCN(C)C(=O)COCc1ccccc1. The van der Waals surface area contributed by atoms with Crippen molar-refractivity contribution in [3.8, 4) is 0 Å². The molecule has 0 saturated carbocycles. The number of amides is 1. The van der Waals surface area contributed by atoms with Crippen LogP contribution in [0.15, 0.2) is 30.3 Å². The maximum Gasteiger partial charge on any atom is 0.248 e. The fourth-order valence-corrected chi connectivity index (χ4v) is 1.74. The minimum absolute atomic E-state index is 0.00288. The summed E-state index contributed by atoms with van der Waals surface area (Å²) in [6, 6.07) is 9.97. The van der Waals surface area contributed by atoms with Gasteiger partial charge in [0.15, 0.2) is 0 Å². The predicted octanol–water partition coefficient (Wildman–Crippen LogP) is 2.03. The van der Waals surface area contributed by atoms with E-state index in [4.69, 9.17) is 10.5 Å². The summed E-state index contributed by atoms with van der Waals surface area (Å²) in [7, 11) is 1.79. The molecule has 0 aromatic heterocycles. The molecular weight excluding hydrogens is 252 g/mol. The van der Waals surface area contributed by atoms with Crippen molar-refractivity contribution >= 4 is 5.91 Å². The molecule has 2 N–H and O–H groups in total. The Morgan fingerprint density at radius 1 is 1.30 bits per heavy atom. The van der Waals surface area contributed by atoms with Gasteiger partial charge in [-0.15, -0.1) is 0 Å². The average molecular weight is 278 g/mol. The normalized spacial score (nSPS) is 12.4. The van der Waals surface area contributed by atoms with Crippen molar-refractivity contribution in [2.24, 2.45) is 11.7 Å². The molecule has 0 saturated heterocycles. The van der Waals surface area contributed by atoms with E-state index in [1.165, 1.54) is 0 Å². The third-order valence-corrected chi connectivity index (χ3v) is 3.42. The van der Waals surface area contributed by atoms with Gasteiger partial charge < -0.3 is 15.4 Å². The van der Waals surface area contributed by atoms with Gasteiger partial charge in [0.1, 0.15) is 6.61 Å². The summed E-state index contributed by atoms with van der Waals surface area (Å²) in [5, 5.41) is 0. The first kappa shape index (κ1) is 16.7. The minimum atomic E-state index is -0.00288. The minimum Gasteiger partial charge on any atom is -0.367 e. The number of ether oxygens (including phenoxy) is 1. The fraction of sp³-hybridized carbons (Fsp3) is 0.562. The number of nitrogens with two attached hydrogens (primary N) is 1. The number of carbonyl (C=O) groups is 1. The van der Waals surface area contributed by atoms with Gasteiger partial charge >= 0.3 is 0 Å². The van der Waals surface area contributed by atoms with Crippen molar-refractivity contribution in [3.05, 3.63) is 35.9 Å². The molecular formula is C16H26N2O2. The number of hydrogen-bond donors (Lipinski definition) is 1. The lowest BCUT2D eigenvalue weighted by molar-refractivity contribution is -0.135. The van der Waals surface area contributed by atoms with Crippen LogP contribution in [0.4, 0.5) is 0 Å². The van der Waals surface area contributed by atoms with E-state index in [0.29, 0.717) is 19.1 Å². The summed E-state index contributed by atoms with van der Waals surface area (Å²) < 4.78 is 5.43. The Hall–Kier alpha value is -1.39. The first-order valence-electron chi connectivity index (χ1n) is 7.12. The van der Waals surface area contributed by atoms with Crippen LogP contribution in [0.2, 0.25) is 0 Å². The highest BCUT2D eigenvalue weighted by molar-refractivity contribution is 5.77. The van der Waals surface area contributed by atoms with Crippen molar-refractivity contribution in [1.82, 2.24) is 4.90 Å². The highest BCUT2D eigenvalue weighted by Crippen LogP contribution is 2.04. The summed E-state index contributed by atoms with van der Waals surface area (Å²) in [4.78, 5) is 13.6. The maximum atomic E-state index is 11.9. The second kappa shape index (κ2) is 8.72. The standard InChI is InChI=1S/C16H26N2O2/c1-13(2)15(17)9-10-18(3)16(19)12-20-11-14-7-5-4-6-8-14/h4-8,13,15H,9-12,17H2,1-3H3. The second-order valence-corrected chi connectivity index (χ2v) is 5.49. The highest BCUT2D eigenvalue weighted by Gasteiger charge is 2.12. The Morgan fingerprint density at radius 3 is 2.55 bits per heavy atom. The molecule has 112 valence electrons. The van der Waals surface area contributed by atoms with E-state index in [1.807, 2.05) is 30.3 Å². The van der Waals surface area contributed by atoms with Crippen LogP contribution in [0.25, 0.3) is 0 Å². The Bertz CT molecular complexity index is 393. The van der Waals surface area contributed by atoms with E-state index in [1.54, 1.807) is 11.9 Å². The fourth-order valence-electron chi connectivity index (χ4n) is 1.74. The van der Waals surface area contributed by atoms with Gasteiger partial charge in [-0.2, -0.15) is 0 Å². The summed E-state index contributed by atoms with van der Waals surface area (Å²) in [6.07, 6.45) is 0.818. The molecule has 4 heteroatoms. The average Bonchev–Trinajstić information content (AvgIpc) is 2.45. The summed E-state index contributed by atoms with van der Waals surface area (Å²) >= 11 is 0. The molecule has 20 heavy (non-hydrogen) atoms. The largest absolute Gasteiger partial charge is 0.367 e. The van der Waals surface area contributed by atoms with Crippen LogP contribution in [0.1, 0.15) is 25.8 Å². The van der Waals surface area contributed by atoms with Crippen molar-refractivity contribution in [1.29, 1.82) is 0 Å². The van der Waals surface area contributed by atoms with Crippen molar-refractivity contribution in [2.45, 2.75) is 32.9 Å². The molecule has 0 fully saturated rings. The van der Waals surface area contributed by atoms with Crippen molar-refractivity contribution < 1.29 is 9.53 Å². The van der Waals surface area contributed by atoms with Gasteiger partial charge in [0.2, 0.25) is 5.91 Å². The Morgan fingerprint density at radius 2 is 1.95 bits per heavy atom. The molecule has 0 aliphatic carbocycles. The first-order chi connectivity index (χ1) is 9.50. The van der Waals surface area contributed by atoms with E-state index in [9.17, 15) is 4.79 Å². The molecule has 1 unspecified atom stereocenters. The summed E-state index contributed by atoms with van der Waals surface area (Å²) in [5.41, 5.74) is 7.05. The maximum absolute atomic E-state index is 11.9. The number of hydrogen-bond acceptors (Lipinski definition) is 3. The van der Waals surface area contributed by atoms with E-state index in [0.717, 1.165) is 12.0 Å². The van der Waals surface area contributed by atoms with Gasteiger partial charge in [-0.1, -0.05) is 44.2 Å². The molecule has 0 aliphatic rings. The van der Waals surface area contributed by atoms with Crippen LogP contribution in [0, 0.1) is 5.92 Å². The molecule has 0 radical (unpaired) electrons. The number of likely N-dealkylation sites (N-methyl/N-ethyl adjacent to an activating group) is 1. The lowest BCUT2D eigenvalue weighted by atomic mass is 10.0. The van der Waals surface area contributed by atoms with Gasteiger partial charge in [-0.25, -0.2) is 0 Å². The second-order valence-electron chi connectivity index (χ2n) is 5.49. The molecule has 1 rings (SSSR count). The summed E-state index contributed by atoms with van der Waals surface area (Å²) in [6.45, 7) is 5.44. The van der Waals surface area contributed by atoms with Crippen LogP contribution in [-0.4, -0.2) is 37.0 Å². The molecule has 1 aromatic rings. The zero-order valence-corrected chi connectivity index (χ0v) is 12.7. The van der Waals surface area contributed by atoms with Gasteiger partial charge in [0.25, 0.3) is 0 Å². The van der Waals surface area contributed by atoms with Gasteiger partial charge in [-0.05, 0) is 17.9 Å². The van der Waals surface area contributed by atoms with Crippen molar-refractivity contribution in [3.63, 3.8) is 0 Å². The molecule has 1 amide bonds. The van der Waals surface area contributed by atoms with Crippen LogP contribution in [0.3, 0.4) is 0 Å². The molecule has 4 nitrogen and oxygen atoms in total.